The number of aromatic nitrogens is 3. The van der Waals surface area contributed by atoms with E-state index in [2.05, 4.69) is 23.2 Å². The van der Waals surface area contributed by atoms with Crippen LogP contribution in [0.3, 0.4) is 0 Å². The molecule has 0 aliphatic carbocycles. The Balaban J connectivity index is 1.68. The molecule has 0 saturated carbocycles. The van der Waals surface area contributed by atoms with Crippen LogP contribution in [0.2, 0.25) is 0 Å². The first kappa shape index (κ1) is 14.7. The first-order chi connectivity index (χ1) is 12.3. The van der Waals surface area contributed by atoms with E-state index in [0.29, 0.717) is 26.1 Å². The summed E-state index contributed by atoms with van der Waals surface area (Å²) in [6, 6.07) is 5.29. The summed E-state index contributed by atoms with van der Waals surface area (Å²) in [4.78, 5) is 0. The van der Waals surface area contributed by atoms with E-state index in [1.54, 1.807) is 12.4 Å². The molecule has 0 saturated heterocycles. The molecule has 0 amide bonds. The van der Waals surface area contributed by atoms with Gasteiger partial charge in [0.25, 0.3) is 0 Å². The summed E-state index contributed by atoms with van der Waals surface area (Å²) in [7, 11) is 0. The first-order valence-corrected chi connectivity index (χ1v) is 8.67. The largest absolute Gasteiger partial charge is 0.493 e. The molecule has 1 atom stereocenters. The summed E-state index contributed by atoms with van der Waals surface area (Å²) >= 11 is 0. The van der Waals surface area contributed by atoms with E-state index in [1.165, 1.54) is 6.07 Å². The quantitative estimate of drug-likeness (QED) is 0.684. The lowest BCUT2D eigenvalue weighted by molar-refractivity contribution is 0.246. The van der Waals surface area contributed by atoms with Crippen LogP contribution in [0.25, 0.3) is 5.65 Å². The first-order valence-electron chi connectivity index (χ1n) is 8.67. The Kier molecular flexibility index (Phi) is 3.20. The lowest BCUT2D eigenvalue weighted by Crippen LogP contribution is -2.13. The van der Waals surface area contributed by atoms with Crippen LogP contribution < -0.4 is 9.47 Å². The van der Waals surface area contributed by atoms with Crippen molar-refractivity contribution in [2.75, 3.05) is 13.2 Å². The minimum absolute atomic E-state index is 0.0633. The average molecular weight is 339 g/mol. The maximum atomic E-state index is 14.5. The van der Waals surface area contributed by atoms with Gasteiger partial charge in [0, 0.05) is 11.1 Å². The molecule has 0 bridgehead atoms. The van der Waals surface area contributed by atoms with E-state index in [0.717, 1.165) is 46.0 Å². The zero-order valence-electron chi connectivity index (χ0n) is 14.0. The Bertz CT molecular complexity index is 982. The predicted octanol–water partition coefficient (Wildman–Crippen LogP) is 3.08. The van der Waals surface area contributed by atoms with Gasteiger partial charge in [0.2, 0.25) is 0 Å². The fourth-order valence-electron chi connectivity index (χ4n) is 3.99. The van der Waals surface area contributed by atoms with E-state index >= 15 is 0 Å². The third-order valence-electron chi connectivity index (χ3n) is 5.26. The summed E-state index contributed by atoms with van der Waals surface area (Å²) in [6.45, 7) is 3.11. The number of hydrogen-bond acceptors (Lipinski definition) is 4. The molecule has 0 unspecified atom stereocenters. The monoisotopic (exact) mass is 339 g/mol. The molecule has 0 fully saturated rings. The number of pyridine rings is 1. The highest BCUT2D eigenvalue weighted by Crippen LogP contribution is 2.40. The van der Waals surface area contributed by atoms with Crippen LogP contribution in [0.5, 0.6) is 11.5 Å². The van der Waals surface area contributed by atoms with Gasteiger partial charge in [-0.25, -0.2) is 4.39 Å². The second-order valence-corrected chi connectivity index (χ2v) is 6.62. The zero-order chi connectivity index (χ0) is 17.0. The van der Waals surface area contributed by atoms with Crippen molar-refractivity contribution in [1.82, 2.24) is 14.6 Å². The fraction of sp³-hybridized carbons (Fsp3) is 0.368. The van der Waals surface area contributed by atoms with Gasteiger partial charge in [0.1, 0.15) is 23.6 Å². The number of ether oxygens (including phenoxy) is 2. The van der Waals surface area contributed by atoms with Crippen LogP contribution in [0.15, 0.2) is 24.5 Å². The van der Waals surface area contributed by atoms with E-state index in [4.69, 9.17) is 9.47 Å². The second kappa shape index (κ2) is 5.44. The molecule has 2 aromatic heterocycles. The van der Waals surface area contributed by atoms with Crippen molar-refractivity contribution < 1.29 is 13.9 Å². The van der Waals surface area contributed by atoms with Gasteiger partial charge in [-0.1, -0.05) is 6.92 Å². The van der Waals surface area contributed by atoms with Crippen LogP contribution in [0.1, 0.15) is 35.2 Å². The van der Waals surface area contributed by atoms with Gasteiger partial charge >= 0.3 is 0 Å². The summed E-state index contributed by atoms with van der Waals surface area (Å²) in [5.41, 5.74) is 4.67. The Morgan fingerprint density at radius 1 is 1.20 bits per heavy atom. The Hall–Kier alpha value is -2.63. The topological polar surface area (TPSA) is 48.7 Å². The van der Waals surface area contributed by atoms with Crippen LogP contribution in [0.4, 0.5) is 4.39 Å². The Labute approximate surface area is 144 Å². The molecular weight excluding hydrogens is 321 g/mol. The van der Waals surface area contributed by atoms with Crippen LogP contribution in [-0.2, 0) is 19.3 Å². The van der Waals surface area contributed by atoms with E-state index < -0.39 is 0 Å². The molecule has 0 N–H and O–H groups in total. The van der Waals surface area contributed by atoms with Gasteiger partial charge in [-0.3, -0.25) is 4.40 Å². The fourth-order valence-corrected chi connectivity index (χ4v) is 3.99. The predicted molar refractivity (Wildman–Crippen MR) is 89.9 cm³/mol. The van der Waals surface area contributed by atoms with E-state index in [-0.39, 0.29) is 11.7 Å². The van der Waals surface area contributed by atoms with Crippen LogP contribution in [-0.4, -0.2) is 27.8 Å². The highest BCUT2D eigenvalue weighted by Gasteiger charge is 2.31. The highest BCUT2D eigenvalue weighted by molar-refractivity contribution is 5.54. The van der Waals surface area contributed by atoms with Crippen molar-refractivity contribution in [3.8, 4) is 11.5 Å². The van der Waals surface area contributed by atoms with Gasteiger partial charge in [-0.15, -0.1) is 10.2 Å². The zero-order valence-corrected chi connectivity index (χ0v) is 14.0. The third-order valence-corrected chi connectivity index (χ3v) is 5.26. The molecule has 4 heterocycles. The number of benzene rings is 1. The number of fused-ring (bicyclic) bond motifs is 3. The number of rotatable bonds is 1. The van der Waals surface area contributed by atoms with Crippen molar-refractivity contribution in [3.05, 3.63) is 52.7 Å². The standard InChI is InChI=1S/C19H18FN3O2/c1-2-11-7-17-15(23-10-21-22-19(11)23)5-3-13-14(20)4-6-16-18(13)12(8-24-16)9-25-17/h4,6-7,10,12H,2-3,5,8-9H2,1H3/t12-/m1/s1. The van der Waals surface area contributed by atoms with Crippen molar-refractivity contribution in [3.63, 3.8) is 0 Å². The summed E-state index contributed by atoms with van der Waals surface area (Å²) in [6.07, 6.45) is 3.83. The van der Waals surface area contributed by atoms with Crippen LogP contribution >= 0.6 is 0 Å². The smallest absolute Gasteiger partial charge is 0.164 e. The SMILES string of the molecule is CCc1cc2c(n3cnnc13)CCc1c(F)ccc3c1[C@H](CO3)CO2. The van der Waals surface area contributed by atoms with Gasteiger partial charge in [0.05, 0.1) is 24.8 Å². The van der Waals surface area contributed by atoms with Crippen molar-refractivity contribution in [2.24, 2.45) is 0 Å². The summed E-state index contributed by atoms with van der Waals surface area (Å²) in [5.74, 6) is 1.53. The second-order valence-electron chi connectivity index (χ2n) is 6.62. The molecule has 5 rings (SSSR count). The van der Waals surface area contributed by atoms with E-state index in [9.17, 15) is 4.39 Å². The minimum Gasteiger partial charge on any atom is -0.493 e. The molecule has 0 radical (unpaired) electrons. The molecular formula is C19H18FN3O2. The molecule has 128 valence electrons. The number of nitrogens with zero attached hydrogens (tertiary/aromatic N) is 3. The number of aryl methyl sites for hydroxylation is 2. The Morgan fingerprint density at radius 2 is 2.04 bits per heavy atom. The van der Waals surface area contributed by atoms with Crippen molar-refractivity contribution >= 4 is 5.65 Å². The molecule has 2 aliphatic rings. The molecule has 6 heteroatoms. The third kappa shape index (κ3) is 2.13. The number of halogens is 1. The lowest BCUT2D eigenvalue weighted by Gasteiger charge is -2.15. The molecule has 2 aliphatic heterocycles. The lowest BCUT2D eigenvalue weighted by atomic mass is 9.93. The molecule has 25 heavy (non-hydrogen) atoms. The summed E-state index contributed by atoms with van der Waals surface area (Å²) < 4.78 is 28.4. The average Bonchev–Trinajstić information content (AvgIpc) is 3.26. The Morgan fingerprint density at radius 3 is 2.88 bits per heavy atom. The summed E-state index contributed by atoms with van der Waals surface area (Å²) in [5, 5.41) is 8.30. The molecule has 0 spiro atoms. The van der Waals surface area contributed by atoms with E-state index in [1.807, 2.05) is 4.40 Å². The number of hydrogen-bond donors (Lipinski definition) is 0. The molecule has 3 aromatic rings. The van der Waals surface area contributed by atoms with Gasteiger partial charge in [-0.2, -0.15) is 0 Å². The van der Waals surface area contributed by atoms with Gasteiger partial charge < -0.3 is 9.47 Å². The van der Waals surface area contributed by atoms with Gasteiger partial charge in [0.15, 0.2) is 5.65 Å². The molecule has 1 aromatic carbocycles. The van der Waals surface area contributed by atoms with Crippen molar-refractivity contribution in [2.45, 2.75) is 32.1 Å². The molecule has 5 nitrogen and oxygen atoms in total. The highest BCUT2D eigenvalue weighted by atomic mass is 19.1. The van der Waals surface area contributed by atoms with Crippen molar-refractivity contribution in [1.29, 1.82) is 0 Å². The maximum absolute atomic E-state index is 14.5. The van der Waals surface area contributed by atoms with Crippen LogP contribution in [0, 0.1) is 5.82 Å². The maximum Gasteiger partial charge on any atom is 0.164 e. The minimum atomic E-state index is -0.164. The normalized spacial score (nSPS) is 18.6. The van der Waals surface area contributed by atoms with Gasteiger partial charge in [-0.05, 0) is 43.0 Å².